The molecule has 0 aliphatic heterocycles. The second-order valence-electron chi connectivity index (χ2n) is 6.96. The molecule has 1 N–H and O–H groups in total. The zero-order valence-electron chi connectivity index (χ0n) is 17.1. The van der Waals surface area contributed by atoms with Crippen molar-refractivity contribution in [2.24, 2.45) is 7.05 Å². The Balaban J connectivity index is 1.44. The zero-order chi connectivity index (χ0) is 21.8. The van der Waals surface area contributed by atoms with Crippen LogP contribution in [0.2, 0.25) is 0 Å². The number of benzene rings is 2. The molecule has 31 heavy (non-hydrogen) atoms. The summed E-state index contributed by atoms with van der Waals surface area (Å²) in [6.45, 7) is 0. The number of nitrogens with zero attached hydrogens (tertiary/aromatic N) is 4. The maximum atomic E-state index is 12.5. The van der Waals surface area contributed by atoms with Gasteiger partial charge < -0.3 is 14.6 Å². The van der Waals surface area contributed by atoms with E-state index in [4.69, 9.17) is 4.74 Å². The Labute approximate surface area is 183 Å². The SMILES string of the molecule is COC(=O)[C@@H](Cc1ccccc1)NC(=O)CSc1nnc2c3ccccc3n(C)c2n1. The number of para-hydroxylation sites is 1. The van der Waals surface area contributed by atoms with E-state index in [1.165, 1.54) is 18.9 Å². The number of carbonyl (C=O) groups is 2. The third-order valence-electron chi connectivity index (χ3n) is 4.92. The summed E-state index contributed by atoms with van der Waals surface area (Å²) in [5.74, 6) is -0.742. The number of nitrogens with one attached hydrogen (secondary N) is 1. The van der Waals surface area contributed by atoms with Crippen LogP contribution in [0, 0.1) is 0 Å². The minimum Gasteiger partial charge on any atom is -0.467 e. The van der Waals surface area contributed by atoms with E-state index in [1.807, 2.05) is 66.2 Å². The summed E-state index contributed by atoms with van der Waals surface area (Å²) in [5, 5.41) is 12.6. The van der Waals surface area contributed by atoms with Gasteiger partial charge in [-0.05, 0) is 11.6 Å². The highest BCUT2D eigenvalue weighted by atomic mass is 32.2. The molecule has 1 amide bonds. The van der Waals surface area contributed by atoms with Crippen LogP contribution in [0.3, 0.4) is 0 Å². The summed E-state index contributed by atoms with van der Waals surface area (Å²) in [4.78, 5) is 29.2. The van der Waals surface area contributed by atoms with Gasteiger partial charge in [0.05, 0.1) is 18.4 Å². The average Bonchev–Trinajstić information content (AvgIpc) is 3.09. The summed E-state index contributed by atoms with van der Waals surface area (Å²) in [7, 11) is 3.23. The molecule has 158 valence electrons. The summed E-state index contributed by atoms with van der Waals surface area (Å²) in [6, 6.07) is 16.6. The van der Waals surface area contributed by atoms with Crippen LogP contribution in [-0.4, -0.2) is 50.5 Å². The van der Waals surface area contributed by atoms with Gasteiger partial charge >= 0.3 is 5.97 Å². The van der Waals surface area contributed by atoms with E-state index in [2.05, 4.69) is 20.5 Å². The van der Waals surface area contributed by atoms with Crippen LogP contribution >= 0.6 is 11.8 Å². The van der Waals surface area contributed by atoms with E-state index in [0.29, 0.717) is 17.2 Å². The standard InChI is InChI=1S/C22H21N5O3S/c1-27-17-11-7-6-10-15(17)19-20(27)24-22(26-25-19)31-13-18(28)23-16(21(29)30-2)12-14-8-4-3-5-9-14/h3-11,16H,12-13H2,1-2H3,(H,23,28)/t16-/m1/s1. The topological polar surface area (TPSA) is 99.0 Å². The number of fused-ring (bicyclic) bond motifs is 3. The van der Waals surface area contributed by atoms with Gasteiger partial charge in [-0.1, -0.05) is 60.3 Å². The van der Waals surface area contributed by atoms with Crippen molar-refractivity contribution in [1.82, 2.24) is 25.1 Å². The molecule has 0 spiro atoms. The minimum atomic E-state index is -0.764. The summed E-state index contributed by atoms with van der Waals surface area (Å²) >= 11 is 1.17. The molecule has 2 aromatic heterocycles. The van der Waals surface area contributed by atoms with Crippen LogP contribution in [0.25, 0.3) is 22.1 Å². The Bertz CT molecular complexity index is 1240. The lowest BCUT2D eigenvalue weighted by Gasteiger charge is -2.16. The lowest BCUT2D eigenvalue weighted by Crippen LogP contribution is -2.43. The van der Waals surface area contributed by atoms with Crippen LogP contribution < -0.4 is 5.32 Å². The summed E-state index contributed by atoms with van der Waals surface area (Å²) in [5.41, 5.74) is 3.37. The number of rotatable bonds is 7. The van der Waals surface area contributed by atoms with E-state index in [1.54, 1.807) is 0 Å². The van der Waals surface area contributed by atoms with Gasteiger partial charge in [-0.25, -0.2) is 9.78 Å². The Morgan fingerprint density at radius 1 is 1.10 bits per heavy atom. The fraction of sp³-hybridized carbons (Fsp3) is 0.227. The van der Waals surface area contributed by atoms with Gasteiger partial charge in [0.1, 0.15) is 11.6 Å². The van der Waals surface area contributed by atoms with Crippen molar-refractivity contribution in [3.05, 3.63) is 60.2 Å². The van der Waals surface area contributed by atoms with E-state index in [9.17, 15) is 9.59 Å². The highest BCUT2D eigenvalue weighted by molar-refractivity contribution is 7.99. The predicted octanol–water partition coefficient (Wildman–Crippen LogP) is 2.51. The lowest BCUT2D eigenvalue weighted by atomic mass is 10.1. The molecular formula is C22H21N5O3S. The van der Waals surface area contributed by atoms with Crippen LogP contribution in [0.15, 0.2) is 59.8 Å². The van der Waals surface area contributed by atoms with Crippen LogP contribution in [0.4, 0.5) is 0 Å². The third-order valence-corrected chi connectivity index (χ3v) is 5.76. The largest absolute Gasteiger partial charge is 0.467 e. The van der Waals surface area contributed by atoms with Gasteiger partial charge in [0.15, 0.2) is 5.65 Å². The number of hydrogen-bond donors (Lipinski definition) is 1. The molecule has 0 saturated heterocycles. The molecule has 4 aromatic rings. The number of carbonyl (C=O) groups excluding carboxylic acids is 2. The highest BCUT2D eigenvalue weighted by Gasteiger charge is 2.22. The van der Waals surface area contributed by atoms with Crippen LogP contribution in [0.5, 0.6) is 0 Å². The van der Waals surface area contributed by atoms with Crippen LogP contribution in [-0.2, 0) is 27.8 Å². The lowest BCUT2D eigenvalue weighted by molar-refractivity contribution is -0.144. The van der Waals surface area contributed by atoms with E-state index in [-0.39, 0.29) is 11.7 Å². The predicted molar refractivity (Wildman–Crippen MR) is 119 cm³/mol. The first-order valence-corrected chi connectivity index (χ1v) is 10.7. The monoisotopic (exact) mass is 435 g/mol. The smallest absolute Gasteiger partial charge is 0.328 e. The zero-order valence-corrected chi connectivity index (χ0v) is 17.9. The number of aryl methyl sites for hydroxylation is 1. The van der Waals surface area contributed by atoms with Gasteiger partial charge in [0.25, 0.3) is 0 Å². The first kappa shape index (κ1) is 20.8. The van der Waals surface area contributed by atoms with Gasteiger partial charge in [-0.3, -0.25) is 4.79 Å². The average molecular weight is 436 g/mol. The fourth-order valence-corrected chi connectivity index (χ4v) is 4.00. The van der Waals surface area contributed by atoms with Gasteiger partial charge in [-0.2, -0.15) is 0 Å². The van der Waals surface area contributed by atoms with E-state index >= 15 is 0 Å². The van der Waals surface area contributed by atoms with Crippen molar-refractivity contribution < 1.29 is 14.3 Å². The van der Waals surface area contributed by atoms with Crippen molar-refractivity contribution in [3.63, 3.8) is 0 Å². The normalized spacial score (nSPS) is 12.1. The second-order valence-corrected chi connectivity index (χ2v) is 7.91. The van der Waals surface area contributed by atoms with E-state index < -0.39 is 12.0 Å². The quantitative estimate of drug-likeness (QED) is 0.352. The van der Waals surface area contributed by atoms with Gasteiger partial charge in [0.2, 0.25) is 11.1 Å². The molecule has 0 aliphatic rings. The van der Waals surface area contributed by atoms with Gasteiger partial charge in [0, 0.05) is 18.9 Å². The molecule has 0 aliphatic carbocycles. The maximum Gasteiger partial charge on any atom is 0.328 e. The van der Waals surface area contributed by atoms with Crippen molar-refractivity contribution in [3.8, 4) is 0 Å². The molecule has 0 fully saturated rings. The third kappa shape index (κ3) is 4.51. The number of hydrogen-bond acceptors (Lipinski definition) is 7. The molecule has 9 heteroatoms. The summed E-state index contributed by atoms with van der Waals surface area (Å²) in [6.07, 6.45) is 0.351. The molecule has 4 rings (SSSR count). The molecule has 0 bridgehead atoms. The number of esters is 1. The van der Waals surface area contributed by atoms with Crippen LogP contribution in [0.1, 0.15) is 5.56 Å². The molecular weight excluding hydrogens is 414 g/mol. The molecule has 1 atom stereocenters. The molecule has 8 nitrogen and oxygen atoms in total. The Kier molecular flexibility index (Phi) is 6.13. The molecule has 2 heterocycles. The van der Waals surface area contributed by atoms with Crippen molar-refractivity contribution >= 4 is 45.7 Å². The molecule has 0 saturated carbocycles. The van der Waals surface area contributed by atoms with Crippen molar-refractivity contribution in [2.75, 3.05) is 12.9 Å². The first-order valence-electron chi connectivity index (χ1n) is 9.68. The number of amides is 1. The number of aromatic nitrogens is 4. The molecule has 0 unspecified atom stereocenters. The Hall–Kier alpha value is -3.46. The van der Waals surface area contributed by atoms with Gasteiger partial charge in [-0.15, -0.1) is 10.2 Å². The number of ether oxygens (including phenoxy) is 1. The van der Waals surface area contributed by atoms with Crippen molar-refractivity contribution in [2.45, 2.75) is 17.6 Å². The second kappa shape index (κ2) is 9.13. The fourth-order valence-electron chi connectivity index (χ4n) is 3.40. The highest BCUT2D eigenvalue weighted by Crippen LogP contribution is 2.25. The maximum absolute atomic E-state index is 12.5. The molecule has 2 aromatic carbocycles. The number of thioether (sulfide) groups is 1. The first-order chi connectivity index (χ1) is 15.1. The Morgan fingerprint density at radius 3 is 2.61 bits per heavy atom. The Morgan fingerprint density at radius 2 is 1.84 bits per heavy atom. The summed E-state index contributed by atoms with van der Waals surface area (Å²) < 4.78 is 6.80. The molecule has 0 radical (unpaired) electrons. The van der Waals surface area contributed by atoms with Crippen molar-refractivity contribution in [1.29, 1.82) is 0 Å². The number of methoxy groups -OCH3 is 1. The minimum absolute atomic E-state index is 0.0550. The van der Waals surface area contributed by atoms with E-state index in [0.717, 1.165) is 22.0 Å².